The maximum absolute atomic E-state index is 12.2. The molecule has 2 heterocycles. The molecular formula is C17H21N3O2S. The van der Waals surface area contributed by atoms with Crippen LogP contribution >= 0.6 is 11.3 Å². The molecule has 0 aliphatic carbocycles. The molecule has 0 spiro atoms. The van der Waals surface area contributed by atoms with Crippen LogP contribution in [-0.4, -0.2) is 30.1 Å². The monoisotopic (exact) mass is 331 g/mol. The molecule has 3 rings (SSSR count). The van der Waals surface area contributed by atoms with Gasteiger partial charge in [0.15, 0.2) is 5.13 Å². The van der Waals surface area contributed by atoms with Gasteiger partial charge in [0.2, 0.25) is 5.91 Å². The summed E-state index contributed by atoms with van der Waals surface area (Å²) in [7, 11) is 0. The van der Waals surface area contributed by atoms with E-state index in [1.807, 2.05) is 38.1 Å². The van der Waals surface area contributed by atoms with Gasteiger partial charge in [-0.3, -0.25) is 4.79 Å². The van der Waals surface area contributed by atoms with Gasteiger partial charge in [-0.05, 0) is 57.5 Å². The molecule has 1 saturated heterocycles. The molecule has 1 unspecified atom stereocenters. The lowest BCUT2D eigenvalue weighted by Gasteiger charge is -2.08. The minimum atomic E-state index is -0.0897. The van der Waals surface area contributed by atoms with Crippen LogP contribution in [0.4, 0.5) is 5.13 Å². The van der Waals surface area contributed by atoms with Crippen LogP contribution in [0.2, 0.25) is 0 Å². The fourth-order valence-corrected chi connectivity index (χ4v) is 3.53. The molecule has 1 fully saturated rings. The summed E-state index contributed by atoms with van der Waals surface area (Å²) in [4.78, 5) is 17.8. The molecule has 122 valence electrons. The van der Waals surface area contributed by atoms with Gasteiger partial charge in [0.1, 0.15) is 5.75 Å². The maximum atomic E-state index is 12.2. The van der Waals surface area contributed by atoms with Gasteiger partial charge in [-0.25, -0.2) is 4.98 Å². The minimum absolute atomic E-state index is 0.00879. The van der Waals surface area contributed by atoms with Gasteiger partial charge in [-0.1, -0.05) is 0 Å². The predicted molar refractivity (Wildman–Crippen MR) is 93.1 cm³/mol. The third kappa shape index (κ3) is 3.71. The average Bonchev–Trinajstić information content (AvgIpc) is 3.18. The van der Waals surface area contributed by atoms with Crippen LogP contribution in [0.3, 0.4) is 0 Å². The largest absolute Gasteiger partial charge is 0.494 e. The normalized spacial score (nSPS) is 17.2. The summed E-state index contributed by atoms with van der Waals surface area (Å²) >= 11 is 1.51. The second-order valence-corrected chi connectivity index (χ2v) is 6.72. The van der Waals surface area contributed by atoms with E-state index in [-0.39, 0.29) is 11.9 Å². The van der Waals surface area contributed by atoms with E-state index in [1.165, 1.54) is 11.3 Å². The lowest BCUT2D eigenvalue weighted by Crippen LogP contribution is -2.35. The molecule has 5 nitrogen and oxygen atoms in total. The first-order chi connectivity index (χ1) is 11.2. The zero-order chi connectivity index (χ0) is 16.2. The standard InChI is InChI=1S/C17H21N3O2S/c1-3-22-13-8-6-12(7-9-13)15-11(2)23-17(19-15)20-16(21)14-5-4-10-18-14/h6-9,14,18H,3-5,10H2,1-2H3,(H,19,20,21). The lowest BCUT2D eigenvalue weighted by atomic mass is 10.1. The highest BCUT2D eigenvalue weighted by Crippen LogP contribution is 2.31. The van der Waals surface area contributed by atoms with Crippen molar-refractivity contribution in [2.75, 3.05) is 18.5 Å². The Morgan fingerprint density at radius 1 is 1.43 bits per heavy atom. The van der Waals surface area contributed by atoms with Crippen LogP contribution in [-0.2, 0) is 4.79 Å². The third-order valence-electron chi connectivity index (χ3n) is 3.84. The van der Waals surface area contributed by atoms with Crippen molar-refractivity contribution in [2.45, 2.75) is 32.7 Å². The summed E-state index contributed by atoms with van der Waals surface area (Å²) in [5, 5.41) is 6.78. The quantitative estimate of drug-likeness (QED) is 0.883. The van der Waals surface area contributed by atoms with Crippen molar-refractivity contribution < 1.29 is 9.53 Å². The summed E-state index contributed by atoms with van der Waals surface area (Å²) in [6.07, 6.45) is 1.94. The Balaban J connectivity index is 1.73. The van der Waals surface area contributed by atoms with Crippen molar-refractivity contribution in [1.82, 2.24) is 10.3 Å². The number of amides is 1. The highest BCUT2D eigenvalue weighted by Gasteiger charge is 2.23. The Labute approximate surface area is 140 Å². The van der Waals surface area contributed by atoms with Crippen LogP contribution in [0.15, 0.2) is 24.3 Å². The number of carbonyl (C=O) groups excluding carboxylic acids is 1. The SMILES string of the molecule is CCOc1ccc(-c2nc(NC(=O)C3CCCN3)sc2C)cc1. The van der Waals surface area contributed by atoms with Gasteiger partial charge in [0.05, 0.1) is 18.3 Å². The first-order valence-corrected chi connectivity index (χ1v) is 8.74. The number of aryl methyl sites for hydroxylation is 1. The van der Waals surface area contributed by atoms with Gasteiger partial charge >= 0.3 is 0 Å². The Morgan fingerprint density at radius 3 is 2.87 bits per heavy atom. The van der Waals surface area contributed by atoms with Gasteiger partial charge in [-0.2, -0.15) is 0 Å². The molecule has 6 heteroatoms. The topological polar surface area (TPSA) is 63.2 Å². The molecule has 0 radical (unpaired) electrons. The third-order valence-corrected chi connectivity index (χ3v) is 4.73. The van der Waals surface area contributed by atoms with E-state index < -0.39 is 0 Å². The average molecular weight is 331 g/mol. The maximum Gasteiger partial charge on any atom is 0.243 e. The van der Waals surface area contributed by atoms with Crippen LogP contribution in [0, 0.1) is 6.92 Å². The number of anilines is 1. The molecule has 1 atom stereocenters. The summed E-state index contributed by atoms with van der Waals surface area (Å²) in [6.45, 7) is 5.55. The van der Waals surface area contributed by atoms with Crippen LogP contribution < -0.4 is 15.4 Å². The Bertz CT molecular complexity index is 676. The van der Waals surface area contributed by atoms with Crippen molar-refractivity contribution in [1.29, 1.82) is 0 Å². The summed E-state index contributed by atoms with van der Waals surface area (Å²) in [6, 6.07) is 7.79. The second-order valence-electron chi connectivity index (χ2n) is 5.52. The Hall–Kier alpha value is -1.92. The molecule has 1 aliphatic heterocycles. The van der Waals surface area contributed by atoms with Crippen molar-refractivity contribution in [3.8, 4) is 17.0 Å². The number of nitrogens with zero attached hydrogens (tertiary/aromatic N) is 1. The molecule has 1 aromatic carbocycles. The van der Waals surface area contributed by atoms with E-state index in [9.17, 15) is 4.79 Å². The zero-order valence-electron chi connectivity index (χ0n) is 13.4. The van der Waals surface area contributed by atoms with E-state index in [0.717, 1.165) is 41.3 Å². The molecule has 2 N–H and O–H groups in total. The first-order valence-electron chi connectivity index (χ1n) is 7.92. The highest BCUT2D eigenvalue weighted by atomic mass is 32.1. The second kappa shape index (κ2) is 7.10. The molecule has 0 saturated carbocycles. The van der Waals surface area contributed by atoms with Crippen molar-refractivity contribution in [2.24, 2.45) is 0 Å². The number of hydrogen-bond acceptors (Lipinski definition) is 5. The van der Waals surface area contributed by atoms with Crippen molar-refractivity contribution >= 4 is 22.4 Å². The minimum Gasteiger partial charge on any atom is -0.494 e. The fraction of sp³-hybridized carbons (Fsp3) is 0.412. The van der Waals surface area contributed by atoms with E-state index in [4.69, 9.17) is 4.74 Å². The van der Waals surface area contributed by atoms with Crippen LogP contribution in [0.5, 0.6) is 5.75 Å². The van der Waals surface area contributed by atoms with Gasteiger partial charge in [-0.15, -0.1) is 11.3 Å². The van der Waals surface area contributed by atoms with Gasteiger partial charge in [0.25, 0.3) is 0 Å². The molecule has 0 bridgehead atoms. The Kier molecular flexibility index (Phi) is 4.93. The van der Waals surface area contributed by atoms with E-state index in [1.54, 1.807) is 0 Å². The van der Waals surface area contributed by atoms with Crippen LogP contribution in [0.25, 0.3) is 11.3 Å². The zero-order valence-corrected chi connectivity index (χ0v) is 14.2. The molecule has 2 aromatic rings. The van der Waals surface area contributed by atoms with Crippen molar-refractivity contribution in [3.63, 3.8) is 0 Å². The van der Waals surface area contributed by atoms with E-state index >= 15 is 0 Å². The van der Waals surface area contributed by atoms with E-state index in [2.05, 4.69) is 15.6 Å². The molecular weight excluding hydrogens is 310 g/mol. The summed E-state index contributed by atoms with van der Waals surface area (Å²) < 4.78 is 5.46. The first kappa shape index (κ1) is 16.0. The number of hydrogen-bond donors (Lipinski definition) is 2. The van der Waals surface area contributed by atoms with Gasteiger partial charge < -0.3 is 15.4 Å². The van der Waals surface area contributed by atoms with E-state index in [0.29, 0.717) is 11.7 Å². The highest BCUT2D eigenvalue weighted by molar-refractivity contribution is 7.16. The predicted octanol–water partition coefficient (Wildman–Crippen LogP) is 3.21. The number of rotatable bonds is 5. The summed E-state index contributed by atoms with van der Waals surface area (Å²) in [5.74, 6) is 0.861. The number of thiazole rings is 1. The van der Waals surface area contributed by atoms with Crippen molar-refractivity contribution in [3.05, 3.63) is 29.1 Å². The molecule has 1 amide bonds. The smallest absolute Gasteiger partial charge is 0.243 e. The number of benzene rings is 1. The fourth-order valence-electron chi connectivity index (χ4n) is 2.69. The number of carbonyl (C=O) groups is 1. The molecule has 1 aliphatic rings. The van der Waals surface area contributed by atoms with Crippen LogP contribution in [0.1, 0.15) is 24.6 Å². The summed E-state index contributed by atoms with van der Waals surface area (Å²) in [5.41, 5.74) is 1.94. The molecule has 1 aromatic heterocycles. The van der Waals surface area contributed by atoms with Gasteiger partial charge in [0, 0.05) is 10.4 Å². The number of aromatic nitrogens is 1. The molecule has 23 heavy (non-hydrogen) atoms. The Morgan fingerprint density at radius 2 is 2.22 bits per heavy atom. The number of nitrogens with one attached hydrogen (secondary N) is 2. The lowest BCUT2D eigenvalue weighted by molar-refractivity contribution is -0.117. The number of ether oxygens (including phenoxy) is 1.